The van der Waals surface area contributed by atoms with Crippen molar-refractivity contribution in [3.8, 4) is 5.75 Å². The molecule has 2 N–H and O–H groups in total. The van der Waals surface area contributed by atoms with Gasteiger partial charge in [0.15, 0.2) is 0 Å². The fourth-order valence-electron chi connectivity index (χ4n) is 2.92. The van der Waals surface area contributed by atoms with Gasteiger partial charge in [-0.15, -0.1) is 10.2 Å². The molecule has 3 rings (SSSR count). The Balaban J connectivity index is 1.45. The Bertz CT molecular complexity index is 950. The van der Waals surface area contributed by atoms with Crippen molar-refractivity contribution in [2.24, 2.45) is 5.92 Å². The minimum Gasteiger partial charge on any atom is -0.497 e. The molecule has 0 aliphatic rings. The maximum Gasteiger partial charge on any atom is 0.321 e. The first kappa shape index (κ1) is 20.8. The van der Waals surface area contributed by atoms with Gasteiger partial charge in [0.25, 0.3) is 0 Å². The van der Waals surface area contributed by atoms with Crippen LogP contribution in [0.25, 0.3) is 0 Å². The van der Waals surface area contributed by atoms with E-state index in [2.05, 4.69) is 32.9 Å². The number of hydrogen-bond acceptors (Lipinski definition) is 6. The number of aryl methyl sites for hydroxylation is 2. The highest BCUT2D eigenvalue weighted by molar-refractivity contribution is 7.15. The van der Waals surface area contributed by atoms with Gasteiger partial charge in [0.05, 0.1) is 12.8 Å². The predicted molar refractivity (Wildman–Crippen MR) is 114 cm³/mol. The molecule has 3 aromatic rings. The van der Waals surface area contributed by atoms with Gasteiger partial charge < -0.3 is 10.1 Å². The number of methoxy groups -OCH3 is 1. The second-order valence-corrected chi connectivity index (χ2v) is 8.14. The first-order chi connectivity index (χ1) is 13.9. The van der Waals surface area contributed by atoms with Gasteiger partial charge in [-0.1, -0.05) is 30.4 Å². The lowest BCUT2D eigenvalue weighted by Gasteiger charge is -2.13. The fourth-order valence-corrected chi connectivity index (χ4v) is 3.69. The smallest absolute Gasteiger partial charge is 0.321 e. The summed E-state index contributed by atoms with van der Waals surface area (Å²) in [4.78, 5) is 12.2. The summed E-state index contributed by atoms with van der Waals surface area (Å²) in [7, 11) is 1.64. The lowest BCUT2D eigenvalue weighted by Crippen LogP contribution is -2.33. The monoisotopic (exact) mass is 414 g/mol. The van der Waals surface area contributed by atoms with Crippen LogP contribution in [-0.4, -0.2) is 39.7 Å². The molecular weight excluding hydrogens is 388 g/mol. The quantitative estimate of drug-likeness (QED) is 0.589. The van der Waals surface area contributed by atoms with Gasteiger partial charge in [0.2, 0.25) is 5.13 Å². The molecule has 0 saturated carbocycles. The zero-order chi connectivity index (χ0) is 20.8. The van der Waals surface area contributed by atoms with E-state index in [4.69, 9.17) is 4.74 Å². The van der Waals surface area contributed by atoms with E-state index in [0.29, 0.717) is 18.1 Å². The molecule has 1 unspecified atom stereocenters. The molecule has 0 spiro atoms. The number of ether oxygens (including phenoxy) is 1. The number of rotatable bonds is 8. The Hall–Kier alpha value is -2.94. The van der Waals surface area contributed by atoms with E-state index in [9.17, 15) is 4.79 Å². The van der Waals surface area contributed by atoms with Crippen molar-refractivity contribution >= 4 is 22.5 Å². The number of nitrogens with zero attached hydrogens (tertiary/aromatic N) is 4. The predicted octanol–water partition coefficient (Wildman–Crippen LogP) is 3.41. The molecule has 0 radical (unpaired) electrons. The lowest BCUT2D eigenvalue weighted by atomic mass is 10.1. The van der Waals surface area contributed by atoms with Crippen molar-refractivity contribution in [3.05, 3.63) is 52.3 Å². The molecular formula is C20H26N6O2S. The first-order valence-electron chi connectivity index (χ1n) is 9.44. The Morgan fingerprint density at radius 2 is 2.00 bits per heavy atom. The fraction of sp³-hybridized carbons (Fsp3) is 0.400. The summed E-state index contributed by atoms with van der Waals surface area (Å²) >= 11 is 1.37. The van der Waals surface area contributed by atoms with Crippen molar-refractivity contribution in [3.63, 3.8) is 0 Å². The first-order valence-corrected chi connectivity index (χ1v) is 10.3. The number of carbonyl (C=O) groups is 1. The van der Waals surface area contributed by atoms with Crippen LogP contribution in [0, 0.1) is 19.8 Å². The number of urea groups is 1. The Morgan fingerprint density at radius 1 is 1.24 bits per heavy atom. The van der Waals surface area contributed by atoms with Crippen LogP contribution in [0.5, 0.6) is 5.75 Å². The number of nitrogens with one attached hydrogen (secondary N) is 2. The zero-order valence-corrected chi connectivity index (χ0v) is 17.9. The Labute approximate surface area is 174 Å². The van der Waals surface area contributed by atoms with Gasteiger partial charge in [-0.25, -0.2) is 4.79 Å². The van der Waals surface area contributed by atoms with E-state index in [1.165, 1.54) is 11.3 Å². The molecule has 0 fully saturated rings. The third-order valence-corrected chi connectivity index (χ3v) is 5.24. The van der Waals surface area contributed by atoms with Gasteiger partial charge in [-0.2, -0.15) is 5.10 Å². The van der Waals surface area contributed by atoms with E-state index in [1.807, 2.05) is 48.9 Å². The van der Waals surface area contributed by atoms with Crippen LogP contribution in [-0.2, 0) is 13.0 Å². The van der Waals surface area contributed by atoms with Crippen molar-refractivity contribution in [1.29, 1.82) is 0 Å². The molecule has 0 aliphatic heterocycles. The Morgan fingerprint density at radius 3 is 2.66 bits per heavy atom. The normalized spacial score (nSPS) is 11.9. The molecule has 0 bridgehead atoms. The molecule has 29 heavy (non-hydrogen) atoms. The number of aromatic nitrogens is 4. The Kier molecular flexibility index (Phi) is 6.82. The van der Waals surface area contributed by atoms with E-state index in [-0.39, 0.29) is 11.9 Å². The summed E-state index contributed by atoms with van der Waals surface area (Å²) in [5.41, 5.74) is 3.23. The van der Waals surface area contributed by atoms with Crippen LogP contribution in [0.3, 0.4) is 0 Å². The maximum absolute atomic E-state index is 12.2. The summed E-state index contributed by atoms with van der Waals surface area (Å²) in [6.45, 7) is 7.39. The summed E-state index contributed by atoms with van der Waals surface area (Å²) in [5, 5.41) is 19.6. The minimum absolute atomic E-state index is 0.249. The highest BCUT2D eigenvalue weighted by Crippen LogP contribution is 2.20. The van der Waals surface area contributed by atoms with Crippen molar-refractivity contribution in [2.45, 2.75) is 33.7 Å². The zero-order valence-electron chi connectivity index (χ0n) is 17.1. The van der Waals surface area contributed by atoms with Crippen molar-refractivity contribution < 1.29 is 9.53 Å². The molecule has 0 saturated heterocycles. The van der Waals surface area contributed by atoms with Crippen LogP contribution < -0.4 is 15.4 Å². The van der Waals surface area contributed by atoms with Crippen LogP contribution in [0.1, 0.15) is 28.9 Å². The molecule has 2 amide bonds. The number of amides is 2. The third-order valence-electron chi connectivity index (χ3n) is 4.40. The van der Waals surface area contributed by atoms with E-state index in [0.717, 1.165) is 34.3 Å². The van der Waals surface area contributed by atoms with Gasteiger partial charge >= 0.3 is 6.03 Å². The molecule has 9 heteroatoms. The van der Waals surface area contributed by atoms with Gasteiger partial charge in [0, 0.05) is 25.2 Å². The molecule has 0 aliphatic carbocycles. The van der Waals surface area contributed by atoms with Crippen LogP contribution in [0.15, 0.2) is 30.3 Å². The lowest BCUT2D eigenvalue weighted by molar-refractivity contribution is 0.249. The number of benzene rings is 1. The third kappa shape index (κ3) is 6.02. The summed E-state index contributed by atoms with van der Waals surface area (Å²) in [6.07, 6.45) is 0.657. The van der Waals surface area contributed by atoms with Crippen LogP contribution in [0.4, 0.5) is 9.93 Å². The highest BCUT2D eigenvalue weighted by Gasteiger charge is 2.11. The molecule has 1 atom stereocenters. The second-order valence-electron chi connectivity index (χ2n) is 7.08. The summed E-state index contributed by atoms with van der Waals surface area (Å²) < 4.78 is 7.13. The summed E-state index contributed by atoms with van der Waals surface area (Å²) in [5.74, 6) is 1.07. The number of hydrogen-bond donors (Lipinski definition) is 2. The van der Waals surface area contributed by atoms with E-state index >= 15 is 0 Å². The largest absolute Gasteiger partial charge is 0.497 e. The number of carbonyl (C=O) groups excluding carboxylic acids is 1. The average molecular weight is 415 g/mol. The van der Waals surface area contributed by atoms with Gasteiger partial charge in [0.1, 0.15) is 10.8 Å². The van der Waals surface area contributed by atoms with Gasteiger partial charge in [-0.05, 0) is 43.5 Å². The van der Waals surface area contributed by atoms with Gasteiger partial charge in [-0.3, -0.25) is 10.00 Å². The average Bonchev–Trinajstić information content (AvgIpc) is 3.26. The molecule has 2 heterocycles. The summed E-state index contributed by atoms with van der Waals surface area (Å²) in [6, 6.07) is 9.57. The molecule has 2 aromatic heterocycles. The highest BCUT2D eigenvalue weighted by atomic mass is 32.1. The van der Waals surface area contributed by atoms with E-state index < -0.39 is 0 Å². The standard InChI is InChI=1S/C20H26N6O2S/c1-13(12-26-15(3)9-14(2)25-26)11-21-19(27)22-20-24-23-18(29-20)10-16-5-7-17(28-4)8-6-16/h5-9,13H,10-12H2,1-4H3,(H2,21,22,24,27). The van der Waals surface area contributed by atoms with E-state index in [1.54, 1.807) is 7.11 Å². The maximum atomic E-state index is 12.2. The molecule has 154 valence electrons. The minimum atomic E-state index is -0.280. The molecule has 8 nitrogen and oxygen atoms in total. The second kappa shape index (κ2) is 9.51. The van der Waals surface area contributed by atoms with Crippen molar-refractivity contribution in [2.75, 3.05) is 19.0 Å². The number of anilines is 1. The van der Waals surface area contributed by atoms with Crippen LogP contribution in [0.2, 0.25) is 0 Å². The topological polar surface area (TPSA) is 94.0 Å². The molecule has 1 aromatic carbocycles. The van der Waals surface area contributed by atoms with Crippen molar-refractivity contribution in [1.82, 2.24) is 25.3 Å². The van der Waals surface area contributed by atoms with Crippen LogP contribution >= 0.6 is 11.3 Å². The SMILES string of the molecule is COc1ccc(Cc2nnc(NC(=O)NCC(C)Cn3nc(C)cc3C)s2)cc1.